The van der Waals surface area contributed by atoms with Gasteiger partial charge < -0.3 is 10.2 Å². The Balaban J connectivity index is 1.21. The van der Waals surface area contributed by atoms with Gasteiger partial charge in [0.1, 0.15) is 6.04 Å². The first-order chi connectivity index (χ1) is 17.5. The molecule has 3 fully saturated rings. The number of rotatable bonds is 4. The Labute approximate surface area is 211 Å². The van der Waals surface area contributed by atoms with E-state index in [1.807, 2.05) is 0 Å². The number of halogens is 4. The van der Waals surface area contributed by atoms with Gasteiger partial charge >= 0.3 is 6.18 Å². The second-order valence-electron chi connectivity index (χ2n) is 10.5. The predicted octanol–water partition coefficient (Wildman–Crippen LogP) is 3.44. The fraction of sp³-hybridized carbons (Fsp3) is 0.600. The minimum absolute atomic E-state index is 0.0439. The normalized spacial score (nSPS) is 28.4. The molecule has 0 radical (unpaired) electrons. The molecular formula is C25H30F4N6O2. The summed E-state index contributed by atoms with van der Waals surface area (Å²) in [4.78, 5) is 33.3. The van der Waals surface area contributed by atoms with E-state index in [-0.39, 0.29) is 66.5 Å². The summed E-state index contributed by atoms with van der Waals surface area (Å²) in [5.41, 5.74) is 1.50. The predicted molar refractivity (Wildman–Crippen MR) is 126 cm³/mol. The lowest BCUT2D eigenvalue weighted by Crippen LogP contribution is -2.56. The van der Waals surface area contributed by atoms with Crippen LogP contribution in [-0.4, -0.2) is 80.7 Å². The van der Waals surface area contributed by atoms with Gasteiger partial charge in [0.25, 0.3) is 5.91 Å². The summed E-state index contributed by atoms with van der Waals surface area (Å²) >= 11 is 0. The van der Waals surface area contributed by atoms with Gasteiger partial charge in [-0.05, 0) is 64.6 Å². The number of pyridine rings is 1. The molecule has 0 aliphatic carbocycles. The Morgan fingerprint density at radius 2 is 1.81 bits per heavy atom. The lowest BCUT2D eigenvalue weighted by Gasteiger charge is -2.40. The maximum atomic E-state index is 14.2. The number of fused-ring (bicyclic) bond motifs is 2. The van der Waals surface area contributed by atoms with Crippen molar-refractivity contribution >= 4 is 11.8 Å². The molecule has 0 saturated carbocycles. The van der Waals surface area contributed by atoms with Crippen LogP contribution in [0.1, 0.15) is 54.7 Å². The van der Waals surface area contributed by atoms with Gasteiger partial charge in [0.15, 0.2) is 11.5 Å². The Morgan fingerprint density at radius 1 is 1.11 bits per heavy atom. The van der Waals surface area contributed by atoms with E-state index in [2.05, 4.69) is 20.5 Å². The SMILES string of the molecule is Cc1cc(-c2cc(C(=O)N3C4CC[C@@H]3C[C@@H](C(=O)N[C@@H]3CC[C@H](C(F)(F)F)N(C)C3)C4)n[nH]2)c(F)cn1. The van der Waals surface area contributed by atoms with Gasteiger partial charge in [-0.3, -0.25) is 24.6 Å². The number of alkyl halides is 3. The molecule has 3 aliphatic rings. The quantitative estimate of drug-likeness (QED) is 0.600. The minimum atomic E-state index is -4.28. The molecule has 5 rings (SSSR count). The third-order valence-electron chi connectivity index (χ3n) is 7.97. The first-order valence-electron chi connectivity index (χ1n) is 12.6. The first kappa shape index (κ1) is 25.6. The lowest BCUT2D eigenvalue weighted by atomic mass is 9.89. The number of carbonyl (C=O) groups excluding carboxylic acids is 2. The van der Waals surface area contributed by atoms with Crippen molar-refractivity contribution in [3.63, 3.8) is 0 Å². The highest BCUT2D eigenvalue weighted by molar-refractivity contribution is 5.94. The number of carbonyl (C=O) groups is 2. The summed E-state index contributed by atoms with van der Waals surface area (Å²) in [6.07, 6.45) is -0.369. The van der Waals surface area contributed by atoms with Gasteiger partial charge in [-0.15, -0.1) is 0 Å². The molecule has 8 nitrogen and oxygen atoms in total. The van der Waals surface area contributed by atoms with Crippen molar-refractivity contribution in [1.82, 2.24) is 30.3 Å². The van der Waals surface area contributed by atoms with E-state index in [4.69, 9.17) is 0 Å². The zero-order chi connectivity index (χ0) is 26.5. The molecule has 1 unspecified atom stereocenters. The molecule has 2 aromatic rings. The van der Waals surface area contributed by atoms with E-state index < -0.39 is 18.0 Å². The molecule has 2 bridgehead atoms. The standard InChI is InChI=1S/C25H30F4N6O2/c1-13-7-18(19(26)11-30-13)20-10-21(33-32-20)24(37)35-16-4-5-17(35)9-14(8-16)23(36)31-15-3-6-22(25(27,28)29)34(2)12-15/h7,10-11,14-17,22H,3-6,8-9,12H2,1-2H3,(H,31,36)(H,32,33)/t14-,15-,16-,17?,22-/m1/s1. The second kappa shape index (κ2) is 9.70. The van der Waals surface area contributed by atoms with Crippen molar-refractivity contribution in [2.24, 2.45) is 5.92 Å². The Kier molecular flexibility index (Phi) is 6.71. The van der Waals surface area contributed by atoms with Crippen LogP contribution < -0.4 is 5.32 Å². The number of H-pyrrole nitrogens is 1. The van der Waals surface area contributed by atoms with Crippen LogP contribution in [0, 0.1) is 18.7 Å². The van der Waals surface area contributed by atoms with E-state index in [0.717, 1.165) is 19.0 Å². The summed E-state index contributed by atoms with van der Waals surface area (Å²) in [6.45, 7) is 1.90. The monoisotopic (exact) mass is 522 g/mol. The Bertz CT molecular complexity index is 1170. The Hall–Kier alpha value is -3.02. The molecule has 0 spiro atoms. The number of piperidine rings is 2. The van der Waals surface area contributed by atoms with Crippen LogP contribution in [0.4, 0.5) is 17.6 Å². The number of nitrogens with one attached hydrogen (secondary N) is 2. The van der Waals surface area contributed by atoms with E-state index in [0.29, 0.717) is 24.2 Å². The summed E-state index contributed by atoms with van der Waals surface area (Å²) in [7, 11) is 1.44. The number of nitrogens with zero attached hydrogens (tertiary/aromatic N) is 4. The van der Waals surface area contributed by atoms with Gasteiger partial charge in [-0.2, -0.15) is 18.3 Å². The van der Waals surface area contributed by atoms with Crippen molar-refractivity contribution in [2.45, 2.75) is 75.8 Å². The smallest absolute Gasteiger partial charge is 0.352 e. The highest BCUT2D eigenvalue weighted by Gasteiger charge is 2.47. The number of likely N-dealkylation sites (tertiary alicyclic amines) is 1. The molecule has 5 atom stereocenters. The van der Waals surface area contributed by atoms with E-state index in [1.165, 1.54) is 18.0 Å². The highest BCUT2D eigenvalue weighted by atomic mass is 19.4. The number of likely N-dealkylation sites (N-methyl/N-ethyl adjacent to an activating group) is 1. The summed E-state index contributed by atoms with van der Waals surface area (Å²) < 4.78 is 53.6. The van der Waals surface area contributed by atoms with Gasteiger partial charge in [-0.25, -0.2) is 4.39 Å². The molecule has 3 saturated heterocycles. The number of aryl methyl sites for hydroxylation is 1. The van der Waals surface area contributed by atoms with E-state index in [1.54, 1.807) is 17.9 Å². The van der Waals surface area contributed by atoms with Gasteiger partial charge in [0.05, 0.1) is 11.9 Å². The van der Waals surface area contributed by atoms with Gasteiger partial charge in [-0.1, -0.05) is 0 Å². The molecule has 3 aliphatic heterocycles. The van der Waals surface area contributed by atoms with Crippen LogP contribution in [0.25, 0.3) is 11.3 Å². The number of hydrogen-bond acceptors (Lipinski definition) is 5. The summed E-state index contributed by atoms with van der Waals surface area (Å²) in [5, 5.41) is 9.83. The molecule has 200 valence electrons. The molecular weight excluding hydrogens is 492 g/mol. The van der Waals surface area contributed by atoms with Crippen molar-refractivity contribution in [1.29, 1.82) is 0 Å². The first-order valence-corrected chi connectivity index (χ1v) is 12.6. The largest absolute Gasteiger partial charge is 0.404 e. The summed E-state index contributed by atoms with van der Waals surface area (Å²) in [6, 6.07) is 1.07. The fourth-order valence-electron chi connectivity index (χ4n) is 6.17. The van der Waals surface area contributed by atoms with E-state index >= 15 is 0 Å². The highest BCUT2D eigenvalue weighted by Crippen LogP contribution is 2.40. The van der Waals surface area contributed by atoms with Crippen molar-refractivity contribution in [3.05, 3.63) is 35.5 Å². The van der Waals surface area contributed by atoms with Gasteiger partial charge in [0, 0.05) is 41.8 Å². The molecule has 2 N–H and O–H groups in total. The number of aromatic nitrogens is 3. The fourth-order valence-corrected chi connectivity index (χ4v) is 6.17. The van der Waals surface area contributed by atoms with Crippen molar-refractivity contribution < 1.29 is 27.2 Å². The van der Waals surface area contributed by atoms with Crippen LogP contribution in [-0.2, 0) is 4.79 Å². The maximum Gasteiger partial charge on any atom is 0.404 e. The molecule has 2 aromatic heterocycles. The zero-order valence-electron chi connectivity index (χ0n) is 20.7. The van der Waals surface area contributed by atoms with Crippen LogP contribution in [0.2, 0.25) is 0 Å². The van der Waals surface area contributed by atoms with Crippen LogP contribution in [0.5, 0.6) is 0 Å². The average molecular weight is 523 g/mol. The third-order valence-corrected chi connectivity index (χ3v) is 7.97. The lowest BCUT2D eigenvalue weighted by molar-refractivity contribution is -0.188. The van der Waals surface area contributed by atoms with Crippen molar-refractivity contribution in [2.75, 3.05) is 13.6 Å². The topological polar surface area (TPSA) is 94.2 Å². The molecule has 2 amide bonds. The molecule has 37 heavy (non-hydrogen) atoms. The average Bonchev–Trinajstić information content (AvgIpc) is 3.42. The molecule has 0 aromatic carbocycles. The van der Waals surface area contributed by atoms with Crippen LogP contribution in [0.3, 0.4) is 0 Å². The Morgan fingerprint density at radius 3 is 2.46 bits per heavy atom. The van der Waals surface area contributed by atoms with Crippen LogP contribution >= 0.6 is 0 Å². The second-order valence-corrected chi connectivity index (χ2v) is 10.5. The van der Waals surface area contributed by atoms with Crippen molar-refractivity contribution in [3.8, 4) is 11.3 Å². The van der Waals surface area contributed by atoms with E-state index in [9.17, 15) is 27.2 Å². The molecule has 12 heteroatoms. The van der Waals surface area contributed by atoms with Gasteiger partial charge in [0.2, 0.25) is 5.91 Å². The number of amides is 2. The van der Waals surface area contributed by atoms with Crippen LogP contribution in [0.15, 0.2) is 18.3 Å². The zero-order valence-corrected chi connectivity index (χ0v) is 20.7. The number of hydrogen-bond donors (Lipinski definition) is 2. The number of aromatic amines is 1. The summed E-state index contributed by atoms with van der Waals surface area (Å²) in [5.74, 6) is -1.22. The third kappa shape index (κ3) is 5.07. The molecule has 5 heterocycles. The minimum Gasteiger partial charge on any atom is -0.352 e. The maximum absolute atomic E-state index is 14.2.